The topological polar surface area (TPSA) is 37.8 Å². The molecule has 1 heterocycles. The van der Waals surface area contributed by atoms with E-state index in [0.717, 1.165) is 0 Å². The van der Waals surface area contributed by atoms with Crippen LogP contribution in [0.4, 0.5) is 14.7 Å². The third kappa shape index (κ3) is 1.56. The minimum absolute atomic E-state index is 0.127. The molecule has 80 valence electrons. The van der Waals surface area contributed by atoms with Crippen molar-refractivity contribution in [2.24, 2.45) is 5.41 Å². The van der Waals surface area contributed by atoms with Crippen LogP contribution in [0.2, 0.25) is 0 Å². The predicted octanol–water partition coefficient (Wildman–Crippen LogP) is 2.38. The Morgan fingerprint density at radius 3 is 2.47 bits per heavy atom. The Labute approximate surface area is 85.9 Å². The molecule has 0 saturated heterocycles. The molecule has 1 unspecified atom stereocenters. The van der Waals surface area contributed by atoms with Crippen molar-refractivity contribution in [3.63, 3.8) is 0 Å². The molecule has 2 aliphatic rings. The Bertz CT molecular complexity index is 373. The lowest BCUT2D eigenvalue weighted by Gasteiger charge is -2.03. The summed E-state index contributed by atoms with van der Waals surface area (Å²) in [5.41, 5.74) is 0.391. The van der Waals surface area contributed by atoms with Crippen molar-refractivity contribution in [1.82, 2.24) is 9.97 Å². The summed E-state index contributed by atoms with van der Waals surface area (Å²) in [6.07, 6.45) is 3.60. The van der Waals surface area contributed by atoms with Gasteiger partial charge >= 0.3 is 0 Å². The average molecular weight is 211 g/mol. The van der Waals surface area contributed by atoms with E-state index in [4.69, 9.17) is 0 Å². The van der Waals surface area contributed by atoms with Crippen LogP contribution in [-0.2, 0) is 0 Å². The van der Waals surface area contributed by atoms with Gasteiger partial charge in [-0.1, -0.05) is 0 Å². The van der Waals surface area contributed by atoms with Gasteiger partial charge in [0.2, 0.25) is 5.95 Å². The number of nitrogens with zero attached hydrogens (tertiary/aromatic N) is 2. The Balaban J connectivity index is 1.66. The normalized spacial score (nSPS) is 25.7. The molecule has 5 heteroatoms. The Hall–Kier alpha value is -1.26. The molecule has 3 nitrogen and oxygen atoms in total. The van der Waals surface area contributed by atoms with Gasteiger partial charge in [-0.15, -0.1) is 0 Å². The highest BCUT2D eigenvalue weighted by atomic mass is 19.3. The zero-order valence-electron chi connectivity index (χ0n) is 8.08. The van der Waals surface area contributed by atoms with Crippen LogP contribution in [-0.4, -0.2) is 16.0 Å². The van der Waals surface area contributed by atoms with Gasteiger partial charge in [-0.3, -0.25) is 0 Å². The van der Waals surface area contributed by atoms with Gasteiger partial charge in [-0.05, 0) is 24.7 Å². The van der Waals surface area contributed by atoms with E-state index in [1.165, 1.54) is 31.7 Å². The van der Waals surface area contributed by atoms with Crippen molar-refractivity contribution in [1.29, 1.82) is 0 Å². The fraction of sp³-hybridized carbons (Fsp3) is 0.600. The summed E-state index contributed by atoms with van der Waals surface area (Å²) in [5, 5.41) is 3.17. The van der Waals surface area contributed by atoms with Crippen molar-refractivity contribution < 1.29 is 8.78 Å². The molecule has 15 heavy (non-hydrogen) atoms. The quantitative estimate of drug-likeness (QED) is 0.834. The SMILES string of the molecule is FC(F)c1cnc(NC2CC23CC3)nc1. The lowest BCUT2D eigenvalue weighted by molar-refractivity contribution is 0.150. The number of hydrogen-bond donors (Lipinski definition) is 1. The highest BCUT2D eigenvalue weighted by molar-refractivity contribution is 5.35. The monoisotopic (exact) mass is 211 g/mol. The molecular formula is C10H11F2N3. The van der Waals surface area contributed by atoms with Crippen LogP contribution in [0.1, 0.15) is 31.3 Å². The first kappa shape index (κ1) is 9.00. The minimum Gasteiger partial charge on any atom is -0.351 e. The molecule has 1 aromatic heterocycles. The first-order chi connectivity index (χ1) is 7.20. The van der Waals surface area contributed by atoms with E-state index in [1.54, 1.807) is 0 Å². The summed E-state index contributed by atoms with van der Waals surface area (Å²) in [6.45, 7) is 0. The molecule has 0 aromatic carbocycles. The van der Waals surface area contributed by atoms with Gasteiger partial charge in [0.15, 0.2) is 0 Å². The van der Waals surface area contributed by atoms with Gasteiger partial charge < -0.3 is 5.32 Å². The van der Waals surface area contributed by atoms with Gasteiger partial charge in [0.25, 0.3) is 6.43 Å². The third-order valence-corrected chi connectivity index (χ3v) is 3.31. The molecule has 1 N–H and O–H groups in total. The van der Waals surface area contributed by atoms with E-state index in [0.29, 0.717) is 17.4 Å². The van der Waals surface area contributed by atoms with Crippen LogP contribution in [0.3, 0.4) is 0 Å². The Morgan fingerprint density at radius 1 is 1.33 bits per heavy atom. The molecule has 1 atom stereocenters. The summed E-state index contributed by atoms with van der Waals surface area (Å²) in [6, 6.07) is 0.467. The second-order valence-electron chi connectivity index (χ2n) is 4.40. The molecule has 0 aliphatic heterocycles. The fourth-order valence-electron chi connectivity index (χ4n) is 1.95. The van der Waals surface area contributed by atoms with E-state index in [9.17, 15) is 8.78 Å². The van der Waals surface area contributed by atoms with Crippen LogP contribution in [0, 0.1) is 5.41 Å². The minimum atomic E-state index is -2.49. The molecule has 0 radical (unpaired) electrons. The summed E-state index contributed by atoms with van der Waals surface area (Å²) in [5.74, 6) is 0.466. The number of rotatable bonds is 3. The Morgan fingerprint density at radius 2 is 2.00 bits per heavy atom. The summed E-state index contributed by atoms with van der Waals surface area (Å²) < 4.78 is 24.4. The summed E-state index contributed by atoms with van der Waals surface area (Å²) in [7, 11) is 0. The van der Waals surface area contributed by atoms with E-state index in [2.05, 4.69) is 15.3 Å². The number of anilines is 1. The fourth-order valence-corrected chi connectivity index (χ4v) is 1.95. The number of aromatic nitrogens is 2. The van der Waals surface area contributed by atoms with E-state index in [-0.39, 0.29) is 5.56 Å². The lowest BCUT2D eigenvalue weighted by Crippen LogP contribution is -2.08. The predicted molar refractivity (Wildman–Crippen MR) is 50.7 cm³/mol. The first-order valence-electron chi connectivity index (χ1n) is 5.06. The van der Waals surface area contributed by atoms with Crippen LogP contribution in [0.5, 0.6) is 0 Å². The summed E-state index contributed by atoms with van der Waals surface area (Å²) >= 11 is 0. The zero-order chi connectivity index (χ0) is 10.5. The molecule has 2 aliphatic carbocycles. The van der Waals surface area contributed by atoms with Gasteiger partial charge in [0.1, 0.15) is 0 Å². The average Bonchev–Trinajstić information content (AvgIpc) is 3.10. The zero-order valence-corrected chi connectivity index (χ0v) is 8.08. The maximum absolute atomic E-state index is 12.2. The number of alkyl halides is 2. The highest BCUT2D eigenvalue weighted by Crippen LogP contribution is 2.66. The number of hydrogen-bond acceptors (Lipinski definition) is 3. The second-order valence-corrected chi connectivity index (χ2v) is 4.40. The van der Waals surface area contributed by atoms with Crippen molar-refractivity contribution >= 4 is 5.95 Å². The third-order valence-electron chi connectivity index (χ3n) is 3.31. The van der Waals surface area contributed by atoms with Gasteiger partial charge in [-0.25, -0.2) is 18.7 Å². The first-order valence-corrected chi connectivity index (χ1v) is 5.06. The van der Waals surface area contributed by atoms with Crippen molar-refractivity contribution in [2.75, 3.05) is 5.32 Å². The van der Waals surface area contributed by atoms with Crippen LogP contribution in [0.15, 0.2) is 12.4 Å². The van der Waals surface area contributed by atoms with Crippen LogP contribution < -0.4 is 5.32 Å². The van der Waals surface area contributed by atoms with E-state index in [1.807, 2.05) is 0 Å². The van der Waals surface area contributed by atoms with Crippen LogP contribution in [0.25, 0.3) is 0 Å². The van der Waals surface area contributed by atoms with Gasteiger partial charge in [0.05, 0.1) is 5.56 Å². The summed E-state index contributed by atoms with van der Waals surface area (Å²) in [4.78, 5) is 7.74. The smallest absolute Gasteiger partial charge is 0.266 e. The number of halogens is 2. The lowest BCUT2D eigenvalue weighted by atomic mass is 10.4. The van der Waals surface area contributed by atoms with Crippen LogP contribution >= 0.6 is 0 Å². The molecule has 0 bridgehead atoms. The molecule has 2 fully saturated rings. The maximum atomic E-state index is 12.2. The van der Waals surface area contributed by atoms with Crippen molar-refractivity contribution in [3.05, 3.63) is 18.0 Å². The molecule has 0 amide bonds. The Kier molecular flexibility index (Phi) is 1.72. The highest BCUT2D eigenvalue weighted by Gasteiger charge is 2.63. The van der Waals surface area contributed by atoms with Crippen molar-refractivity contribution in [2.45, 2.75) is 31.7 Å². The molecule has 3 rings (SSSR count). The number of nitrogens with one attached hydrogen (secondary N) is 1. The molecule has 2 saturated carbocycles. The van der Waals surface area contributed by atoms with Gasteiger partial charge in [0, 0.05) is 18.4 Å². The molecule has 1 aromatic rings. The van der Waals surface area contributed by atoms with E-state index < -0.39 is 6.43 Å². The van der Waals surface area contributed by atoms with Gasteiger partial charge in [-0.2, -0.15) is 0 Å². The second kappa shape index (κ2) is 2.87. The maximum Gasteiger partial charge on any atom is 0.266 e. The molecule has 1 spiro atoms. The standard InChI is InChI=1S/C10H11F2N3/c11-8(12)6-4-13-9(14-5-6)15-7-3-10(7)1-2-10/h4-5,7-8H,1-3H2,(H,13,14,15). The molecular weight excluding hydrogens is 200 g/mol. The largest absolute Gasteiger partial charge is 0.351 e. The van der Waals surface area contributed by atoms with E-state index >= 15 is 0 Å². The van der Waals surface area contributed by atoms with Crippen molar-refractivity contribution in [3.8, 4) is 0 Å².